The number of thiophene rings is 1. The van der Waals surface area contributed by atoms with E-state index in [1.54, 1.807) is 13.8 Å². The van der Waals surface area contributed by atoms with E-state index < -0.39 is 21.5 Å². The Labute approximate surface area is 121 Å². The molecule has 0 bridgehead atoms. The summed E-state index contributed by atoms with van der Waals surface area (Å²) in [5, 5.41) is 2.54. The lowest BCUT2D eigenvalue weighted by molar-refractivity contribution is -0.120. The van der Waals surface area contributed by atoms with Crippen LogP contribution in [0.1, 0.15) is 13.8 Å². The maximum absolute atomic E-state index is 11.8. The van der Waals surface area contributed by atoms with E-state index in [4.69, 9.17) is 17.3 Å². The van der Waals surface area contributed by atoms with E-state index >= 15 is 0 Å². The fourth-order valence-electron chi connectivity index (χ4n) is 1.06. The lowest BCUT2D eigenvalue weighted by atomic mass is 10.1. The number of amides is 1. The average molecular weight is 326 g/mol. The van der Waals surface area contributed by atoms with Gasteiger partial charge in [0.15, 0.2) is 0 Å². The Kier molecular flexibility index (Phi) is 5.34. The topological polar surface area (TPSA) is 101 Å². The van der Waals surface area contributed by atoms with Gasteiger partial charge in [-0.25, -0.2) is 13.1 Å². The number of nitrogens with two attached hydrogens (primary N) is 1. The molecule has 0 saturated carbocycles. The molecular formula is C10H16ClN3O3S2. The first-order valence-corrected chi connectivity index (χ1v) is 8.08. The van der Waals surface area contributed by atoms with Gasteiger partial charge in [-0.1, -0.05) is 11.6 Å². The highest BCUT2D eigenvalue weighted by molar-refractivity contribution is 7.91. The first kappa shape index (κ1) is 16.4. The van der Waals surface area contributed by atoms with Crippen LogP contribution >= 0.6 is 22.9 Å². The molecule has 1 aromatic rings. The zero-order valence-electron chi connectivity index (χ0n) is 10.6. The molecule has 0 spiro atoms. The van der Waals surface area contributed by atoms with Crippen molar-refractivity contribution in [1.82, 2.24) is 10.0 Å². The average Bonchev–Trinajstić information content (AvgIpc) is 2.70. The van der Waals surface area contributed by atoms with Gasteiger partial charge in [-0.05, 0) is 26.0 Å². The SMILES string of the molecule is CC(C)(N)CNC(=O)CNS(=O)(=O)c1ccc(Cl)s1. The summed E-state index contributed by atoms with van der Waals surface area (Å²) in [7, 11) is -3.70. The standard InChI is InChI=1S/C10H16ClN3O3S2/c1-10(2,12)6-13-8(15)5-14-19(16,17)9-4-3-7(11)18-9/h3-4,14H,5-6,12H2,1-2H3,(H,13,15). The Morgan fingerprint density at radius 2 is 2.11 bits per heavy atom. The summed E-state index contributed by atoms with van der Waals surface area (Å²) >= 11 is 6.59. The Balaban J connectivity index is 2.50. The van der Waals surface area contributed by atoms with Crippen LogP contribution in [0.2, 0.25) is 4.34 Å². The quantitative estimate of drug-likeness (QED) is 0.710. The van der Waals surface area contributed by atoms with E-state index in [2.05, 4.69) is 10.0 Å². The van der Waals surface area contributed by atoms with Crippen LogP contribution in [0, 0.1) is 0 Å². The second kappa shape index (κ2) is 6.19. The van der Waals surface area contributed by atoms with Crippen LogP contribution < -0.4 is 15.8 Å². The Morgan fingerprint density at radius 3 is 2.58 bits per heavy atom. The van der Waals surface area contributed by atoms with Gasteiger partial charge in [0, 0.05) is 12.1 Å². The van der Waals surface area contributed by atoms with Gasteiger partial charge >= 0.3 is 0 Å². The molecule has 0 saturated heterocycles. The van der Waals surface area contributed by atoms with Gasteiger partial charge in [-0.3, -0.25) is 4.79 Å². The first-order chi connectivity index (χ1) is 8.60. The summed E-state index contributed by atoms with van der Waals surface area (Å²) in [6.07, 6.45) is 0. The molecule has 108 valence electrons. The summed E-state index contributed by atoms with van der Waals surface area (Å²) in [5.41, 5.74) is 5.15. The van der Waals surface area contributed by atoms with E-state index in [1.807, 2.05) is 0 Å². The van der Waals surface area contributed by atoms with Crippen molar-refractivity contribution >= 4 is 38.9 Å². The highest BCUT2D eigenvalue weighted by Crippen LogP contribution is 2.25. The van der Waals surface area contributed by atoms with Crippen LogP contribution in [0.5, 0.6) is 0 Å². The fourth-order valence-corrected chi connectivity index (χ4v) is 3.57. The van der Waals surface area contributed by atoms with E-state index in [1.165, 1.54) is 12.1 Å². The molecule has 0 radical (unpaired) electrons. The third kappa shape index (κ3) is 5.87. The summed E-state index contributed by atoms with van der Waals surface area (Å²) in [4.78, 5) is 11.5. The zero-order valence-corrected chi connectivity index (χ0v) is 13.0. The normalized spacial score (nSPS) is 12.4. The summed E-state index contributed by atoms with van der Waals surface area (Å²) in [6.45, 7) is 3.43. The van der Waals surface area contributed by atoms with Crippen molar-refractivity contribution in [3.05, 3.63) is 16.5 Å². The largest absolute Gasteiger partial charge is 0.353 e. The molecule has 1 rings (SSSR count). The fraction of sp³-hybridized carbons (Fsp3) is 0.500. The lowest BCUT2D eigenvalue weighted by Crippen LogP contribution is -2.47. The van der Waals surface area contributed by atoms with E-state index in [-0.39, 0.29) is 17.3 Å². The molecule has 0 aromatic carbocycles. The van der Waals surface area contributed by atoms with Crippen molar-refractivity contribution < 1.29 is 13.2 Å². The Morgan fingerprint density at radius 1 is 1.47 bits per heavy atom. The number of hydrogen-bond acceptors (Lipinski definition) is 5. The predicted octanol–water partition coefficient (Wildman–Crippen LogP) is 0.533. The molecule has 0 aliphatic heterocycles. The van der Waals surface area contributed by atoms with E-state index in [9.17, 15) is 13.2 Å². The minimum absolute atomic E-state index is 0.0736. The first-order valence-electron chi connectivity index (χ1n) is 5.41. The van der Waals surface area contributed by atoms with Crippen LogP contribution in [0.25, 0.3) is 0 Å². The molecule has 0 aliphatic rings. The van der Waals surface area contributed by atoms with Crippen molar-refractivity contribution in [1.29, 1.82) is 0 Å². The van der Waals surface area contributed by atoms with Crippen molar-refractivity contribution in [3.63, 3.8) is 0 Å². The number of halogens is 1. The summed E-state index contributed by atoms with van der Waals surface area (Å²) < 4.78 is 26.2. The number of carbonyl (C=O) groups excluding carboxylic acids is 1. The molecule has 9 heteroatoms. The summed E-state index contributed by atoms with van der Waals surface area (Å²) in [6, 6.07) is 2.87. The van der Waals surface area contributed by atoms with Crippen LogP contribution in [0.3, 0.4) is 0 Å². The molecule has 0 unspecified atom stereocenters. The monoisotopic (exact) mass is 325 g/mol. The van der Waals surface area contributed by atoms with Crippen molar-refractivity contribution in [3.8, 4) is 0 Å². The molecule has 0 aliphatic carbocycles. The molecule has 1 amide bonds. The lowest BCUT2D eigenvalue weighted by Gasteiger charge is -2.18. The van der Waals surface area contributed by atoms with Crippen molar-refractivity contribution in [2.45, 2.75) is 23.6 Å². The zero-order chi connectivity index (χ0) is 14.7. The number of hydrogen-bond donors (Lipinski definition) is 3. The van der Waals surface area contributed by atoms with Gasteiger partial charge in [0.1, 0.15) is 4.21 Å². The third-order valence-corrected chi connectivity index (χ3v) is 5.10. The molecule has 4 N–H and O–H groups in total. The molecule has 0 atom stereocenters. The van der Waals surface area contributed by atoms with Gasteiger partial charge < -0.3 is 11.1 Å². The number of sulfonamides is 1. The molecule has 19 heavy (non-hydrogen) atoms. The second-order valence-electron chi connectivity index (χ2n) is 4.65. The molecule has 0 fully saturated rings. The van der Waals surface area contributed by atoms with Gasteiger partial charge in [-0.2, -0.15) is 0 Å². The van der Waals surface area contributed by atoms with Crippen molar-refractivity contribution in [2.24, 2.45) is 5.73 Å². The number of carbonyl (C=O) groups is 1. The van der Waals surface area contributed by atoms with Gasteiger partial charge in [0.25, 0.3) is 10.0 Å². The second-order valence-corrected chi connectivity index (χ2v) is 8.36. The smallest absolute Gasteiger partial charge is 0.250 e. The van der Waals surface area contributed by atoms with E-state index in [0.29, 0.717) is 4.34 Å². The van der Waals surface area contributed by atoms with Crippen molar-refractivity contribution in [2.75, 3.05) is 13.1 Å². The molecule has 1 aromatic heterocycles. The Hall–Kier alpha value is -0.670. The maximum Gasteiger partial charge on any atom is 0.250 e. The predicted molar refractivity (Wildman–Crippen MR) is 75.8 cm³/mol. The maximum atomic E-state index is 11.8. The molecular weight excluding hydrogens is 310 g/mol. The molecule has 6 nitrogen and oxygen atoms in total. The third-order valence-electron chi connectivity index (χ3n) is 1.98. The van der Waals surface area contributed by atoms with Crippen LogP contribution in [-0.4, -0.2) is 33.0 Å². The minimum atomic E-state index is -3.70. The van der Waals surface area contributed by atoms with Gasteiger partial charge in [-0.15, -0.1) is 11.3 Å². The van der Waals surface area contributed by atoms with Crippen LogP contribution in [0.15, 0.2) is 16.3 Å². The molecule has 1 heterocycles. The van der Waals surface area contributed by atoms with Crippen LogP contribution in [0.4, 0.5) is 0 Å². The highest BCUT2D eigenvalue weighted by Gasteiger charge is 2.18. The number of nitrogens with one attached hydrogen (secondary N) is 2. The highest BCUT2D eigenvalue weighted by atomic mass is 35.5. The van der Waals surface area contributed by atoms with Crippen LogP contribution in [-0.2, 0) is 14.8 Å². The van der Waals surface area contributed by atoms with Gasteiger partial charge in [0.2, 0.25) is 5.91 Å². The Bertz CT molecular complexity index is 549. The van der Waals surface area contributed by atoms with Gasteiger partial charge in [0.05, 0.1) is 10.9 Å². The van der Waals surface area contributed by atoms with E-state index in [0.717, 1.165) is 11.3 Å². The number of rotatable bonds is 6. The summed E-state index contributed by atoms with van der Waals surface area (Å²) in [5.74, 6) is -0.440. The minimum Gasteiger partial charge on any atom is -0.353 e.